The van der Waals surface area contributed by atoms with Crippen molar-refractivity contribution in [3.63, 3.8) is 0 Å². The molecular formula is C30H38N6O2. The average molecular weight is 515 g/mol. The molecule has 38 heavy (non-hydrogen) atoms. The average Bonchev–Trinajstić information content (AvgIpc) is 3.50. The smallest absolute Gasteiger partial charge is 0.329 e. The van der Waals surface area contributed by atoms with Crippen LogP contribution in [0.25, 0.3) is 33.1 Å². The fraction of sp³-hybridized carbons (Fsp3) is 0.500. The van der Waals surface area contributed by atoms with E-state index in [2.05, 4.69) is 54.2 Å². The van der Waals surface area contributed by atoms with E-state index in [1.807, 2.05) is 24.0 Å². The molecule has 0 N–H and O–H groups in total. The lowest BCUT2D eigenvalue weighted by Crippen LogP contribution is -2.30. The Balaban J connectivity index is 1.35. The van der Waals surface area contributed by atoms with Gasteiger partial charge >= 0.3 is 5.69 Å². The number of ether oxygens (including phenoxy) is 1. The summed E-state index contributed by atoms with van der Waals surface area (Å²) in [6.45, 7) is 3.23. The SMILES string of the molecule is CO[C@H]1CC[C@@H](n2c(=O)n(C)c3cnc4ccc(-c5ccc(N6CC[C@@H](CN(C)C)C6)nc5)cc4c32)CC1. The lowest BCUT2D eigenvalue weighted by atomic mass is 9.92. The van der Waals surface area contributed by atoms with Crippen LogP contribution >= 0.6 is 0 Å². The Kier molecular flexibility index (Phi) is 6.70. The number of aryl methyl sites for hydroxylation is 1. The van der Waals surface area contributed by atoms with Gasteiger partial charge in [0.2, 0.25) is 0 Å². The largest absolute Gasteiger partial charge is 0.381 e. The molecule has 8 nitrogen and oxygen atoms in total. The molecule has 8 heteroatoms. The van der Waals surface area contributed by atoms with E-state index in [-0.39, 0.29) is 17.8 Å². The zero-order valence-corrected chi connectivity index (χ0v) is 22.9. The Morgan fingerprint density at radius 2 is 1.79 bits per heavy atom. The summed E-state index contributed by atoms with van der Waals surface area (Å²) in [5.74, 6) is 1.73. The van der Waals surface area contributed by atoms with Gasteiger partial charge in [0.05, 0.1) is 28.9 Å². The van der Waals surface area contributed by atoms with Crippen LogP contribution in [0.5, 0.6) is 0 Å². The third kappa shape index (κ3) is 4.50. The molecule has 1 atom stereocenters. The molecule has 2 aliphatic rings. The first kappa shape index (κ1) is 25.1. The summed E-state index contributed by atoms with van der Waals surface area (Å²) in [4.78, 5) is 27.6. The molecule has 0 spiro atoms. The predicted octanol–water partition coefficient (Wildman–Crippen LogP) is 4.47. The molecule has 0 radical (unpaired) electrons. The summed E-state index contributed by atoms with van der Waals surface area (Å²) in [7, 11) is 7.92. The van der Waals surface area contributed by atoms with Crippen LogP contribution in [0.2, 0.25) is 0 Å². The molecule has 4 aromatic rings. The van der Waals surface area contributed by atoms with E-state index in [1.165, 1.54) is 6.42 Å². The Labute approximate surface area is 223 Å². The highest BCUT2D eigenvalue weighted by Crippen LogP contribution is 2.35. The second-order valence-electron chi connectivity index (χ2n) is 11.4. The molecule has 1 aromatic carbocycles. The van der Waals surface area contributed by atoms with Gasteiger partial charge in [0, 0.05) is 57.0 Å². The van der Waals surface area contributed by atoms with Crippen LogP contribution in [0.4, 0.5) is 5.82 Å². The van der Waals surface area contributed by atoms with Gasteiger partial charge in [0.25, 0.3) is 0 Å². The summed E-state index contributed by atoms with van der Waals surface area (Å²) in [5, 5.41) is 1.02. The number of aromatic nitrogens is 4. The summed E-state index contributed by atoms with van der Waals surface area (Å²) in [5.41, 5.74) is 4.96. The van der Waals surface area contributed by atoms with E-state index < -0.39 is 0 Å². The Morgan fingerprint density at radius 3 is 2.50 bits per heavy atom. The minimum atomic E-state index is 0.0322. The van der Waals surface area contributed by atoms with Crippen molar-refractivity contribution in [2.24, 2.45) is 13.0 Å². The lowest BCUT2D eigenvalue weighted by Gasteiger charge is -2.28. The zero-order valence-electron chi connectivity index (χ0n) is 22.9. The molecule has 6 rings (SSSR count). The molecule has 4 heterocycles. The van der Waals surface area contributed by atoms with Crippen LogP contribution in [0.1, 0.15) is 38.1 Å². The summed E-state index contributed by atoms with van der Waals surface area (Å²) in [6.07, 6.45) is 9.15. The maximum absolute atomic E-state index is 13.4. The molecule has 1 aliphatic carbocycles. The Morgan fingerprint density at radius 1 is 1.00 bits per heavy atom. The maximum Gasteiger partial charge on any atom is 0.329 e. The first-order chi connectivity index (χ1) is 18.4. The molecule has 3 aromatic heterocycles. The van der Waals surface area contributed by atoms with Gasteiger partial charge in [0.15, 0.2) is 0 Å². The molecule has 0 amide bonds. The zero-order chi connectivity index (χ0) is 26.4. The quantitative estimate of drug-likeness (QED) is 0.378. The van der Waals surface area contributed by atoms with Gasteiger partial charge in [-0.3, -0.25) is 14.1 Å². The summed E-state index contributed by atoms with van der Waals surface area (Å²) < 4.78 is 9.35. The van der Waals surface area contributed by atoms with Crippen LogP contribution in [0.3, 0.4) is 0 Å². The van der Waals surface area contributed by atoms with Crippen molar-refractivity contribution in [3.8, 4) is 11.1 Å². The van der Waals surface area contributed by atoms with Crippen LogP contribution < -0.4 is 10.6 Å². The second kappa shape index (κ2) is 10.2. The molecular weight excluding hydrogens is 476 g/mol. The van der Waals surface area contributed by atoms with E-state index in [4.69, 9.17) is 14.7 Å². The molecule has 1 aliphatic heterocycles. The second-order valence-corrected chi connectivity index (χ2v) is 11.4. The van der Waals surface area contributed by atoms with E-state index in [9.17, 15) is 4.79 Å². The minimum Gasteiger partial charge on any atom is -0.381 e. The first-order valence-electron chi connectivity index (χ1n) is 13.8. The van der Waals surface area contributed by atoms with E-state index >= 15 is 0 Å². The van der Waals surface area contributed by atoms with Gasteiger partial charge < -0.3 is 14.5 Å². The molecule has 1 saturated carbocycles. The van der Waals surface area contributed by atoms with Crippen LogP contribution in [-0.4, -0.2) is 70.9 Å². The van der Waals surface area contributed by atoms with Crippen LogP contribution in [0.15, 0.2) is 47.5 Å². The van der Waals surface area contributed by atoms with E-state index in [1.54, 1.807) is 11.7 Å². The number of rotatable bonds is 6. The number of hydrogen-bond donors (Lipinski definition) is 0. The molecule has 2 fully saturated rings. The highest BCUT2D eigenvalue weighted by molar-refractivity contribution is 6.04. The highest BCUT2D eigenvalue weighted by atomic mass is 16.5. The topological polar surface area (TPSA) is 68.4 Å². The van der Waals surface area contributed by atoms with Crippen molar-refractivity contribution < 1.29 is 4.74 Å². The van der Waals surface area contributed by atoms with Crippen LogP contribution in [-0.2, 0) is 11.8 Å². The molecule has 200 valence electrons. The molecule has 0 bridgehead atoms. The minimum absolute atomic E-state index is 0.0322. The van der Waals surface area contributed by atoms with E-state index in [0.29, 0.717) is 5.92 Å². The monoisotopic (exact) mass is 514 g/mol. The first-order valence-corrected chi connectivity index (χ1v) is 13.8. The van der Waals surface area contributed by atoms with Crippen molar-refractivity contribution in [2.75, 3.05) is 45.7 Å². The standard InChI is InChI=1S/C30H38N6O2/c1-33(2)18-20-13-14-35(19-20)28-12-6-22(16-32-28)21-5-11-26-25(15-21)29-27(17-31-26)34(3)30(37)36(29)23-7-9-24(38-4)10-8-23/h5-6,11-12,15-17,20,23-24H,7-10,13-14,18-19H2,1-4H3/t20-,23-,24+/m0/s1. The lowest BCUT2D eigenvalue weighted by molar-refractivity contribution is 0.0585. The van der Waals surface area contributed by atoms with Gasteiger partial charge in [-0.05, 0) is 81.9 Å². The fourth-order valence-corrected chi connectivity index (χ4v) is 6.53. The number of benzene rings is 1. The number of anilines is 1. The predicted molar refractivity (Wildman–Crippen MR) is 153 cm³/mol. The number of imidazole rings is 1. The Hall–Kier alpha value is -3.23. The van der Waals surface area contributed by atoms with Gasteiger partial charge in [-0.15, -0.1) is 0 Å². The number of pyridine rings is 2. The summed E-state index contributed by atoms with van der Waals surface area (Å²) >= 11 is 0. The third-order valence-electron chi connectivity index (χ3n) is 8.57. The normalized spacial score (nSPS) is 22.2. The number of fused-ring (bicyclic) bond motifs is 3. The molecule has 0 unspecified atom stereocenters. The van der Waals surface area contributed by atoms with Crippen molar-refractivity contribution in [1.82, 2.24) is 24.0 Å². The van der Waals surface area contributed by atoms with Crippen molar-refractivity contribution in [2.45, 2.75) is 44.2 Å². The van der Waals surface area contributed by atoms with E-state index in [0.717, 1.165) is 84.2 Å². The van der Waals surface area contributed by atoms with Crippen molar-refractivity contribution in [3.05, 3.63) is 53.2 Å². The number of nitrogens with zero attached hydrogens (tertiary/aromatic N) is 6. The van der Waals surface area contributed by atoms with Gasteiger partial charge in [-0.1, -0.05) is 6.07 Å². The van der Waals surface area contributed by atoms with Gasteiger partial charge in [-0.2, -0.15) is 0 Å². The fourth-order valence-electron chi connectivity index (χ4n) is 6.53. The van der Waals surface area contributed by atoms with Gasteiger partial charge in [-0.25, -0.2) is 9.78 Å². The maximum atomic E-state index is 13.4. The summed E-state index contributed by atoms with van der Waals surface area (Å²) in [6, 6.07) is 10.8. The van der Waals surface area contributed by atoms with Crippen molar-refractivity contribution >= 4 is 27.8 Å². The highest BCUT2D eigenvalue weighted by Gasteiger charge is 2.27. The van der Waals surface area contributed by atoms with Crippen LogP contribution in [0, 0.1) is 5.92 Å². The number of hydrogen-bond acceptors (Lipinski definition) is 6. The van der Waals surface area contributed by atoms with Gasteiger partial charge in [0.1, 0.15) is 5.82 Å². The molecule has 1 saturated heterocycles. The Bertz CT molecular complexity index is 1500. The van der Waals surface area contributed by atoms with Crippen molar-refractivity contribution in [1.29, 1.82) is 0 Å². The third-order valence-corrected chi connectivity index (χ3v) is 8.57. The number of methoxy groups -OCH3 is 1.